The van der Waals surface area contributed by atoms with Crippen molar-refractivity contribution in [1.82, 2.24) is 15.0 Å². The van der Waals surface area contributed by atoms with Crippen LogP contribution in [0.3, 0.4) is 0 Å². The maximum absolute atomic E-state index is 11.1. The van der Waals surface area contributed by atoms with Gasteiger partial charge in [-0.2, -0.15) is 0 Å². The van der Waals surface area contributed by atoms with Gasteiger partial charge in [-0.3, -0.25) is 0 Å². The van der Waals surface area contributed by atoms with E-state index in [1.54, 1.807) is 42.1 Å². The first-order valence-corrected chi connectivity index (χ1v) is 11.1. The van der Waals surface area contributed by atoms with Gasteiger partial charge in [0.05, 0.1) is 5.56 Å². The van der Waals surface area contributed by atoms with Gasteiger partial charge in [-0.25, -0.2) is 4.79 Å². The van der Waals surface area contributed by atoms with Crippen LogP contribution in [0.25, 0.3) is 27.8 Å². The maximum atomic E-state index is 11.1. The molecule has 7 heteroatoms. The highest BCUT2D eigenvalue weighted by Gasteiger charge is 2.14. The molecule has 0 fully saturated rings. The van der Waals surface area contributed by atoms with Crippen LogP contribution in [0.2, 0.25) is 0 Å². The number of carboxylic acids is 1. The highest BCUT2D eigenvalue weighted by atomic mass is 32.2. The van der Waals surface area contributed by atoms with Crippen molar-refractivity contribution in [2.24, 2.45) is 0 Å². The molecule has 0 aliphatic rings. The summed E-state index contributed by atoms with van der Waals surface area (Å²) in [5.41, 5.74) is 4.47. The fourth-order valence-electron chi connectivity index (χ4n) is 3.58. The van der Waals surface area contributed by atoms with Gasteiger partial charge < -0.3 is 10.2 Å². The van der Waals surface area contributed by atoms with Crippen LogP contribution in [0.1, 0.15) is 15.9 Å². The largest absolute Gasteiger partial charge is 0.505 e. The molecule has 0 amide bonds. The van der Waals surface area contributed by atoms with Gasteiger partial charge >= 0.3 is 5.97 Å². The number of benzene rings is 4. The summed E-state index contributed by atoms with van der Waals surface area (Å²) in [4.78, 5) is 14.8. The summed E-state index contributed by atoms with van der Waals surface area (Å²) in [5, 5.41) is 29.0. The van der Waals surface area contributed by atoms with Crippen LogP contribution in [-0.2, 0) is 0 Å². The number of hydrogen-bond donors (Lipinski definition) is 2. The second-order valence-electron chi connectivity index (χ2n) is 7.60. The van der Waals surface area contributed by atoms with Crippen LogP contribution in [0, 0.1) is 6.92 Å². The number of carbonyl (C=O) groups is 1. The summed E-state index contributed by atoms with van der Waals surface area (Å²) >= 11 is 1.65. The van der Waals surface area contributed by atoms with Crippen molar-refractivity contribution < 1.29 is 15.0 Å². The smallest absolute Gasteiger partial charge is 0.335 e. The summed E-state index contributed by atoms with van der Waals surface area (Å²) in [5.74, 6) is -0.874. The Morgan fingerprint density at radius 1 is 0.818 bits per heavy atom. The lowest BCUT2D eigenvalue weighted by molar-refractivity contribution is 0.0697. The zero-order valence-electron chi connectivity index (χ0n) is 17.6. The molecule has 0 spiro atoms. The van der Waals surface area contributed by atoms with Crippen LogP contribution >= 0.6 is 11.8 Å². The first kappa shape index (κ1) is 20.8. The molecular formula is C26H19N3O3S. The molecule has 0 radical (unpaired) electrons. The highest BCUT2D eigenvalue weighted by molar-refractivity contribution is 7.99. The number of fused-ring (bicyclic) bond motifs is 1. The third-order valence-electron chi connectivity index (χ3n) is 5.29. The van der Waals surface area contributed by atoms with E-state index in [0.717, 1.165) is 32.0 Å². The van der Waals surface area contributed by atoms with Gasteiger partial charge in [-0.05, 0) is 78.2 Å². The number of hydrogen-bond acceptors (Lipinski definition) is 5. The molecule has 0 bridgehead atoms. The van der Waals surface area contributed by atoms with E-state index in [4.69, 9.17) is 5.11 Å². The first-order chi connectivity index (χ1) is 16.0. The number of carboxylic acid groups (broad SMARTS) is 1. The van der Waals surface area contributed by atoms with Gasteiger partial charge in [0.1, 0.15) is 22.5 Å². The highest BCUT2D eigenvalue weighted by Crippen LogP contribution is 2.33. The van der Waals surface area contributed by atoms with E-state index in [2.05, 4.69) is 22.3 Å². The molecular weight excluding hydrogens is 434 g/mol. The third kappa shape index (κ3) is 4.18. The minimum absolute atomic E-state index is 0.0973. The molecule has 4 aromatic carbocycles. The van der Waals surface area contributed by atoms with Gasteiger partial charge in [0, 0.05) is 9.79 Å². The number of aryl methyl sites for hydroxylation is 1. The average molecular weight is 454 g/mol. The molecule has 5 rings (SSSR count). The van der Waals surface area contributed by atoms with Gasteiger partial charge in [0.15, 0.2) is 0 Å². The van der Waals surface area contributed by atoms with Crippen molar-refractivity contribution in [2.45, 2.75) is 16.7 Å². The summed E-state index contributed by atoms with van der Waals surface area (Å²) < 4.78 is 0. The molecule has 1 heterocycles. The van der Waals surface area contributed by atoms with Crippen LogP contribution in [-0.4, -0.2) is 31.2 Å². The van der Waals surface area contributed by atoms with Crippen LogP contribution in [0.5, 0.6) is 5.75 Å². The molecule has 0 saturated carbocycles. The molecule has 0 atom stereocenters. The van der Waals surface area contributed by atoms with E-state index in [1.807, 2.05) is 49.4 Å². The Morgan fingerprint density at radius 3 is 2.27 bits per heavy atom. The SMILES string of the molecule is Cc1cc(-c2ccc(C(=O)O)cc2)cc(-n2nc3ccc(Sc4ccccc4)cc3n2)c1O. The zero-order valence-corrected chi connectivity index (χ0v) is 18.5. The van der Waals surface area contributed by atoms with E-state index in [0.29, 0.717) is 11.3 Å². The Hall–Kier alpha value is -4.10. The Kier molecular flexibility index (Phi) is 5.32. The lowest BCUT2D eigenvalue weighted by atomic mass is 10.0. The molecule has 33 heavy (non-hydrogen) atoms. The van der Waals surface area contributed by atoms with Gasteiger partial charge in [-0.15, -0.1) is 15.0 Å². The fraction of sp³-hybridized carbons (Fsp3) is 0.0385. The lowest BCUT2D eigenvalue weighted by Gasteiger charge is -2.10. The summed E-state index contributed by atoms with van der Waals surface area (Å²) in [6.07, 6.45) is 0. The Morgan fingerprint density at radius 2 is 1.55 bits per heavy atom. The maximum Gasteiger partial charge on any atom is 0.335 e. The molecule has 1 aromatic heterocycles. The van der Waals surface area contributed by atoms with Gasteiger partial charge in [0.2, 0.25) is 0 Å². The molecule has 6 nitrogen and oxygen atoms in total. The minimum atomic E-state index is -0.971. The van der Waals surface area contributed by atoms with Crippen molar-refractivity contribution in [3.8, 4) is 22.6 Å². The zero-order chi connectivity index (χ0) is 22.9. The fourth-order valence-corrected chi connectivity index (χ4v) is 4.45. The van der Waals surface area contributed by atoms with Gasteiger partial charge in [-0.1, -0.05) is 42.1 Å². The molecule has 0 aliphatic carbocycles. The number of rotatable bonds is 5. The number of phenolic OH excluding ortho intramolecular Hbond substituents is 1. The number of aromatic hydroxyl groups is 1. The van der Waals surface area contributed by atoms with E-state index in [1.165, 1.54) is 4.80 Å². The van der Waals surface area contributed by atoms with E-state index >= 15 is 0 Å². The van der Waals surface area contributed by atoms with Crippen LogP contribution < -0.4 is 0 Å². The average Bonchev–Trinajstić information content (AvgIpc) is 3.24. The predicted octanol–water partition coefficient (Wildman–Crippen LogP) is 5.95. The van der Waals surface area contributed by atoms with Crippen molar-refractivity contribution in [3.63, 3.8) is 0 Å². The first-order valence-electron chi connectivity index (χ1n) is 10.3. The van der Waals surface area contributed by atoms with E-state index in [-0.39, 0.29) is 11.3 Å². The quantitative estimate of drug-likeness (QED) is 0.342. The van der Waals surface area contributed by atoms with Crippen LogP contribution in [0.4, 0.5) is 0 Å². The Balaban J connectivity index is 1.52. The monoisotopic (exact) mass is 453 g/mol. The number of aromatic carboxylic acids is 1. The second-order valence-corrected chi connectivity index (χ2v) is 8.75. The summed E-state index contributed by atoms with van der Waals surface area (Å²) in [6, 6.07) is 26.3. The molecule has 2 N–H and O–H groups in total. The molecule has 5 aromatic rings. The summed E-state index contributed by atoms with van der Waals surface area (Å²) in [7, 11) is 0. The molecule has 162 valence electrons. The Labute approximate surface area is 194 Å². The molecule has 0 aliphatic heterocycles. The predicted molar refractivity (Wildman–Crippen MR) is 128 cm³/mol. The number of aromatic nitrogens is 3. The van der Waals surface area contributed by atoms with Crippen LogP contribution in [0.15, 0.2) is 94.7 Å². The normalized spacial score (nSPS) is 11.1. The minimum Gasteiger partial charge on any atom is -0.505 e. The lowest BCUT2D eigenvalue weighted by Crippen LogP contribution is -2.01. The summed E-state index contributed by atoms with van der Waals surface area (Å²) in [6.45, 7) is 1.81. The number of nitrogens with zero attached hydrogens (tertiary/aromatic N) is 3. The Bertz CT molecular complexity index is 1480. The second kappa shape index (κ2) is 8.44. The van der Waals surface area contributed by atoms with Gasteiger partial charge in [0.25, 0.3) is 0 Å². The third-order valence-corrected chi connectivity index (χ3v) is 6.29. The molecule has 0 saturated heterocycles. The number of phenols is 1. The standard InChI is InChI=1S/C26H19N3O3S/c1-16-13-19(17-7-9-18(10-8-17)26(31)32)14-24(25(16)30)29-27-22-12-11-21(15-23(22)28-29)33-20-5-3-2-4-6-20/h2-15,30H,1H3,(H,31,32). The van der Waals surface area contributed by atoms with E-state index < -0.39 is 5.97 Å². The topological polar surface area (TPSA) is 88.2 Å². The van der Waals surface area contributed by atoms with Crippen molar-refractivity contribution in [1.29, 1.82) is 0 Å². The van der Waals surface area contributed by atoms with Crippen molar-refractivity contribution >= 4 is 28.8 Å². The van der Waals surface area contributed by atoms with Crippen molar-refractivity contribution in [2.75, 3.05) is 0 Å². The molecule has 0 unspecified atom stereocenters. The van der Waals surface area contributed by atoms with Crippen molar-refractivity contribution in [3.05, 3.63) is 96.1 Å². The van der Waals surface area contributed by atoms with E-state index in [9.17, 15) is 9.90 Å².